The smallest absolute Gasteiger partial charge is 0.314 e. The second kappa shape index (κ2) is 7.82. The van der Waals surface area contributed by atoms with Crippen LogP contribution in [0.2, 0.25) is 10.0 Å². The summed E-state index contributed by atoms with van der Waals surface area (Å²) < 4.78 is 4.98. The van der Waals surface area contributed by atoms with Gasteiger partial charge in [0.15, 0.2) is 0 Å². The molecule has 0 atom stereocenters. The number of anilines is 2. The van der Waals surface area contributed by atoms with Gasteiger partial charge in [-0.1, -0.05) is 23.2 Å². The molecule has 0 unspecified atom stereocenters. The van der Waals surface area contributed by atoms with Gasteiger partial charge in [-0.2, -0.15) is 0 Å². The molecule has 0 fully saturated rings. The maximum Gasteiger partial charge on any atom is 0.314 e. The van der Waals surface area contributed by atoms with Gasteiger partial charge in [0.1, 0.15) is 5.75 Å². The molecule has 0 aliphatic heterocycles. The van der Waals surface area contributed by atoms with Crippen LogP contribution in [0.25, 0.3) is 0 Å². The molecule has 2 amide bonds. The number of hydrogen-bond donors (Lipinski definition) is 2. The van der Waals surface area contributed by atoms with Gasteiger partial charge in [-0.05, 0) is 24.3 Å². The van der Waals surface area contributed by atoms with Crippen molar-refractivity contribution in [1.29, 1.82) is 0 Å². The Hall–Kier alpha value is -2.84. The first-order valence-electron chi connectivity index (χ1n) is 6.71. The molecule has 8 nitrogen and oxygen atoms in total. The highest BCUT2D eigenvalue weighted by atomic mass is 35.5. The lowest BCUT2D eigenvalue weighted by Gasteiger charge is -2.10. The number of amides is 2. The molecule has 2 N–H and O–H groups in total. The largest absolute Gasteiger partial charge is 0.494 e. The quantitative estimate of drug-likeness (QED) is 0.476. The number of benzene rings is 2. The molecule has 0 spiro atoms. The van der Waals surface area contributed by atoms with Gasteiger partial charge in [0.25, 0.3) is 5.69 Å². The number of non-ortho nitro benzene ring substituents is 1. The van der Waals surface area contributed by atoms with E-state index < -0.39 is 16.7 Å². The number of carbonyl (C=O) groups excluding carboxylic acids is 2. The Morgan fingerprint density at radius 3 is 2.32 bits per heavy atom. The van der Waals surface area contributed by atoms with Crippen molar-refractivity contribution in [2.75, 3.05) is 17.7 Å². The van der Waals surface area contributed by atoms with E-state index in [9.17, 15) is 19.7 Å². The lowest BCUT2D eigenvalue weighted by Crippen LogP contribution is -2.29. The lowest BCUT2D eigenvalue weighted by molar-refractivity contribution is -0.384. The molecule has 0 saturated heterocycles. The third-order valence-corrected chi connectivity index (χ3v) is 3.77. The zero-order valence-electron chi connectivity index (χ0n) is 12.7. The van der Waals surface area contributed by atoms with E-state index in [1.165, 1.54) is 37.4 Å². The second-order valence-electron chi connectivity index (χ2n) is 4.68. The van der Waals surface area contributed by atoms with Gasteiger partial charge >= 0.3 is 11.8 Å². The van der Waals surface area contributed by atoms with Crippen LogP contribution < -0.4 is 15.4 Å². The molecular weight excluding hydrogens is 373 g/mol. The fourth-order valence-electron chi connectivity index (χ4n) is 1.84. The summed E-state index contributed by atoms with van der Waals surface area (Å²) in [5.41, 5.74) is 0.183. The van der Waals surface area contributed by atoms with Crippen molar-refractivity contribution in [2.45, 2.75) is 0 Å². The van der Waals surface area contributed by atoms with E-state index in [0.717, 1.165) is 6.07 Å². The molecule has 0 radical (unpaired) electrons. The van der Waals surface area contributed by atoms with Crippen LogP contribution >= 0.6 is 23.2 Å². The maximum absolute atomic E-state index is 12.0. The number of rotatable bonds is 4. The van der Waals surface area contributed by atoms with Gasteiger partial charge in [0, 0.05) is 11.8 Å². The minimum absolute atomic E-state index is 0.0462. The molecule has 10 heteroatoms. The Labute approximate surface area is 151 Å². The molecule has 2 rings (SSSR count). The minimum atomic E-state index is -0.988. The Morgan fingerprint density at radius 2 is 1.72 bits per heavy atom. The number of nitro groups is 1. The van der Waals surface area contributed by atoms with Crippen LogP contribution in [0, 0.1) is 10.1 Å². The molecule has 0 heterocycles. The number of carbonyl (C=O) groups is 2. The standard InChI is InChI=1S/C15H11Cl2N3O5/c1-25-13-7-9(20(23)24)3-5-12(13)19-15(22)14(21)18-8-2-4-10(16)11(17)6-8/h2-7H,1H3,(H,18,21)(H,19,22). The molecule has 0 aliphatic carbocycles. The summed E-state index contributed by atoms with van der Waals surface area (Å²) in [6.45, 7) is 0. The molecule has 0 bridgehead atoms. The van der Waals surface area contributed by atoms with Gasteiger partial charge in [-0.15, -0.1) is 0 Å². The first-order valence-corrected chi connectivity index (χ1v) is 7.47. The molecule has 2 aromatic carbocycles. The first kappa shape index (κ1) is 18.5. The fourth-order valence-corrected chi connectivity index (χ4v) is 2.14. The number of hydrogen-bond acceptors (Lipinski definition) is 5. The summed E-state index contributed by atoms with van der Waals surface area (Å²) in [5, 5.41) is 15.9. The summed E-state index contributed by atoms with van der Waals surface area (Å²) in [6.07, 6.45) is 0. The summed E-state index contributed by atoms with van der Waals surface area (Å²) in [5.74, 6) is -1.90. The highest BCUT2D eigenvalue weighted by Gasteiger charge is 2.18. The summed E-state index contributed by atoms with van der Waals surface area (Å²) in [6, 6.07) is 7.91. The molecule has 25 heavy (non-hydrogen) atoms. The van der Waals surface area contributed by atoms with Crippen molar-refractivity contribution < 1.29 is 19.2 Å². The average Bonchev–Trinajstić information content (AvgIpc) is 2.58. The van der Waals surface area contributed by atoms with E-state index in [1.807, 2.05) is 0 Å². The highest BCUT2D eigenvalue weighted by Crippen LogP contribution is 2.29. The first-order chi connectivity index (χ1) is 11.8. The van der Waals surface area contributed by atoms with E-state index in [0.29, 0.717) is 5.02 Å². The van der Waals surface area contributed by atoms with Crippen molar-refractivity contribution in [3.8, 4) is 5.75 Å². The van der Waals surface area contributed by atoms with Crippen LogP contribution in [0.5, 0.6) is 5.75 Å². The Kier molecular flexibility index (Phi) is 5.79. The monoisotopic (exact) mass is 383 g/mol. The minimum Gasteiger partial charge on any atom is -0.494 e. The zero-order valence-corrected chi connectivity index (χ0v) is 14.2. The van der Waals surface area contributed by atoms with Gasteiger partial charge in [-0.25, -0.2) is 0 Å². The Balaban J connectivity index is 2.11. The number of nitrogens with one attached hydrogen (secondary N) is 2. The molecule has 0 aromatic heterocycles. The molecule has 130 valence electrons. The average molecular weight is 384 g/mol. The van der Waals surface area contributed by atoms with E-state index in [1.54, 1.807) is 0 Å². The molecular formula is C15H11Cl2N3O5. The second-order valence-corrected chi connectivity index (χ2v) is 5.49. The highest BCUT2D eigenvalue weighted by molar-refractivity contribution is 6.44. The topological polar surface area (TPSA) is 111 Å². The van der Waals surface area contributed by atoms with Gasteiger partial charge in [0.05, 0.1) is 33.8 Å². The van der Waals surface area contributed by atoms with Crippen molar-refractivity contribution in [2.24, 2.45) is 0 Å². The van der Waals surface area contributed by atoms with Gasteiger partial charge in [-0.3, -0.25) is 19.7 Å². The number of methoxy groups -OCH3 is 1. The summed E-state index contributed by atoms with van der Waals surface area (Å²) in [7, 11) is 1.28. The third-order valence-electron chi connectivity index (χ3n) is 3.03. The molecule has 0 saturated carbocycles. The van der Waals surface area contributed by atoms with Crippen LogP contribution in [-0.4, -0.2) is 23.8 Å². The Morgan fingerprint density at radius 1 is 1.04 bits per heavy atom. The van der Waals surface area contributed by atoms with Crippen LogP contribution in [-0.2, 0) is 9.59 Å². The predicted molar refractivity (Wildman–Crippen MR) is 93.4 cm³/mol. The third kappa shape index (κ3) is 4.59. The maximum atomic E-state index is 12.0. The van der Waals surface area contributed by atoms with Crippen LogP contribution in [0.3, 0.4) is 0 Å². The fraction of sp³-hybridized carbons (Fsp3) is 0.0667. The van der Waals surface area contributed by atoms with E-state index in [-0.39, 0.29) is 27.8 Å². The Bertz CT molecular complexity index is 857. The zero-order chi connectivity index (χ0) is 18.6. The molecule has 2 aromatic rings. The number of nitro benzene ring substituents is 1. The van der Waals surface area contributed by atoms with Crippen LogP contribution in [0.15, 0.2) is 36.4 Å². The van der Waals surface area contributed by atoms with E-state index >= 15 is 0 Å². The summed E-state index contributed by atoms with van der Waals surface area (Å²) >= 11 is 11.6. The normalized spacial score (nSPS) is 10.0. The van der Waals surface area contributed by atoms with Gasteiger partial charge < -0.3 is 15.4 Å². The van der Waals surface area contributed by atoms with E-state index in [4.69, 9.17) is 27.9 Å². The summed E-state index contributed by atoms with van der Waals surface area (Å²) in [4.78, 5) is 34.1. The lowest BCUT2D eigenvalue weighted by atomic mass is 10.2. The van der Waals surface area contributed by atoms with Crippen molar-refractivity contribution in [1.82, 2.24) is 0 Å². The number of ether oxygens (including phenoxy) is 1. The SMILES string of the molecule is COc1cc([N+](=O)[O-])ccc1NC(=O)C(=O)Nc1ccc(Cl)c(Cl)c1. The van der Waals surface area contributed by atoms with Crippen molar-refractivity contribution in [3.63, 3.8) is 0 Å². The van der Waals surface area contributed by atoms with E-state index in [2.05, 4.69) is 10.6 Å². The predicted octanol–water partition coefficient (Wildman–Crippen LogP) is 3.49. The van der Waals surface area contributed by atoms with Gasteiger partial charge in [0.2, 0.25) is 0 Å². The molecule has 0 aliphatic rings. The number of halogens is 2. The van der Waals surface area contributed by atoms with Crippen LogP contribution in [0.1, 0.15) is 0 Å². The number of nitrogens with zero attached hydrogens (tertiary/aromatic N) is 1. The van der Waals surface area contributed by atoms with Crippen LogP contribution in [0.4, 0.5) is 17.1 Å². The van der Waals surface area contributed by atoms with Crippen molar-refractivity contribution >= 4 is 52.1 Å². The van der Waals surface area contributed by atoms with Crippen molar-refractivity contribution in [3.05, 3.63) is 56.6 Å².